The number of rotatable bonds is 6. The second-order valence-corrected chi connectivity index (χ2v) is 4.79. The Labute approximate surface area is 123 Å². The van der Waals surface area contributed by atoms with E-state index in [2.05, 4.69) is 20.8 Å². The first kappa shape index (κ1) is 15.1. The highest BCUT2D eigenvalue weighted by Gasteiger charge is 2.26. The van der Waals surface area contributed by atoms with Crippen LogP contribution in [-0.2, 0) is 12.1 Å². The number of nitrogens with zero attached hydrogens (tertiary/aromatic N) is 2. The van der Waals surface area contributed by atoms with E-state index in [4.69, 9.17) is 8.94 Å². The van der Waals surface area contributed by atoms with Crippen LogP contribution in [0.25, 0.3) is 0 Å². The highest BCUT2D eigenvalue weighted by atomic mass is 16.5. The molecule has 0 aliphatic rings. The second kappa shape index (κ2) is 6.94. The van der Waals surface area contributed by atoms with Crippen LogP contribution in [0, 0.1) is 0 Å². The average molecular weight is 292 g/mol. The minimum absolute atomic E-state index is 0.269. The number of furan rings is 1. The molecule has 21 heavy (non-hydrogen) atoms. The fraction of sp³-hybridized carbons (Fsp3) is 0.429. The van der Waals surface area contributed by atoms with E-state index in [1.54, 1.807) is 25.1 Å². The molecule has 2 aromatic heterocycles. The molecule has 0 aliphatic carbocycles. The minimum Gasteiger partial charge on any atom is -0.466 e. The number of aliphatic hydroxyl groups is 1. The molecule has 0 radical (unpaired) electrons. The van der Waals surface area contributed by atoms with E-state index in [9.17, 15) is 5.11 Å². The van der Waals surface area contributed by atoms with Crippen LogP contribution in [0.4, 0.5) is 0 Å². The Bertz CT molecular complexity index is 547. The third-order valence-corrected chi connectivity index (χ3v) is 2.89. The van der Waals surface area contributed by atoms with Gasteiger partial charge in [-0.1, -0.05) is 5.16 Å². The Balaban J connectivity index is 1.95. The quantitative estimate of drug-likeness (QED) is 0.547. The zero-order valence-corrected chi connectivity index (χ0v) is 12.2. The molecular formula is C14H20N4O3. The van der Waals surface area contributed by atoms with E-state index >= 15 is 0 Å². The van der Waals surface area contributed by atoms with Gasteiger partial charge in [0.1, 0.15) is 23.3 Å². The summed E-state index contributed by atoms with van der Waals surface area (Å²) < 4.78 is 9.99. The second-order valence-electron chi connectivity index (χ2n) is 4.79. The number of nitrogens with one attached hydrogen (secondary N) is 2. The summed E-state index contributed by atoms with van der Waals surface area (Å²) in [6, 6.07) is 5.24. The number of hydrogen-bond acceptors (Lipinski definition) is 5. The highest BCUT2D eigenvalue weighted by molar-refractivity contribution is 5.79. The highest BCUT2D eigenvalue weighted by Crippen LogP contribution is 2.19. The van der Waals surface area contributed by atoms with Crippen molar-refractivity contribution in [3.63, 3.8) is 0 Å². The summed E-state index contributed by atoms with van der Waals surface area (Å²) in [7, 11) is 0. The van der Waals surface area contributed by atoms with Gasteiger partial charge in [0.2, 0.25) is 0 Å². The van der Waals surface area contributed by atoms with Crippen molar-refractivity contribution in [1.82, 2.24) is 15.8 Å². The van der Waals surface area contributed by atoms with Crippen molar-refractivity contribution in [1.29, 1.82) is 0 Å². The van der Waals surface area contributed by atoms with Crippen LogP contribution in [0.5, 0.6) is 0 Å². The molecule has 0 saturated heterocycles. The van der Waals surface area contributed by atoms with E-state index < -0.39 is 5.60 Å². The van der Waals surface area contributed by atoms with Crippen molar-refractivity contribution < 1.29 is 14.0 Å². The first-order chi connectivity index (χ1) is 10.1. The van der Waals surface area contributed by atoms with Gasteiger partial charge >= 0.3 is 0 Å². The number of aromatic nitrogens is 1. The molecule has 3 N–H and O–H groups in total. The molecule has 1 atom stereocenters. The molecular weight excluding hydrogens is 272 g/mol. The van der Waals surface area contributed by atoms with Gasteiger partial charge in [0.25, 0.3) is 0 Å². The third-order valence-electron chi connectivity index (χ3n) is 2.89. The Morgan fingerprint density at radius 2 is 2.24 bits per heavy atom. The fourth-order valence-electron chi connectivity index (χ4n) is 1.75. The van der Waals surface area contributed by atoms with Gasteiger partial charge in [0.05, 0.1) is 19.4 Å². The molecule has 7 heteroatoms. The SMILES string of the molecule is CCNC(=NCc1ccon1)NCC(C)(O)c1ccco1. The first-order valence-corrected chi connectivity index (χ1v) is 6.79. The molecule has 0 saturated carbocycles. The lowest BCUT2D eigenvalue weighted by atomic mass is 10.0. The number of hydrogen-bond donors (Lipinski definition) is 3. The molecule has 114 valence electrons. The molecule has 0 bridgehead atoms. The predicted molar refractivity (Wildman–Crippen MR) is 77.6 cm³/mol. The topological polar surface area (TPSA) is 95.8 Å². The van der Waals surface area contributed by atoms with Gasteiger partial charge in [0.15, 0.2) is 5.96 Å². The summed E-state index contributed by atoms with van der Waals surface area (Å²) in [6.07, 6.45) is 3.04. The lowest BCUT2D eigenvalue weighted by Crippen LogP contribution is -2.44. The van der Waals surface area contributed by atoms with Crippen LogP contribution in [0.15, 0.2) is 44.7 Å². The van der Waals surface area contributed by atoms with Gasteiger partial charge in [-0.05, 0) is 26.0 Å². The van der Waals surface area contributed by atoms with E-state index in [0.717, 1.165) is 5.69 Å². The minimum atomic E-state index is -1.12. The zero-order valence-electron chi connectivity index (χ0n) is 12.2. The van der Waals surface area contributed by atoms with Crippen LogP contribution in [-0.4, -0.2) is 29.3 Å². The van der Waals surface area contributed by atoms with Gasteiger partial charge in [-0.3, -0.25) is 0 Å². The Morgan fingerprint density at radius 3 is 2.86 bits per heavy atom. The maximum Gasteiger partial charge on any atom is 0.191 e. The van der Waals surface area contributed by atoms with Crippen molar-refractivity contribution >= 4 is 5.96 Å². The normalized spacial score (nSPS) is 14.7. The van der Waals surface area contributed by atoms with Crippen LogP contribution in [0.2, 0.25) is 0 Å². The smallest absolute Gasteiger partial charge is 0.191 e. The van der Waals surface area contributed by atoms with Crippen molar-refractivity contribution in [2.75, 3.05) is 13.1 Å². The van der Waals surface area contributed by atoms with E-state index in [-0.39, 0.29) is 6.54 Å². The van der Waals surface area contributed by atoms with Gasteiger partial charge in [-0.2, -0.15) is 0 Å². The molecule has 0 fully saturated rings. The summed E-state index contributed by atoms with van der Waals surface area (Å²) in [4.78, 5) is 4.37. The Kier molecular flexibility index (Phi) is 4.99. The maximum atomic E-state index is 10.4. The number of guanidine groups is 1. The molecule has 0 aromatic carbocycles. The fourth-order valence-corrected chi connectivity index (χ4v) is 1.75. The molecule has 7 nitrogen and oxygen atoms in total. The van der Waals surface area contributed by atoms with E-state index in [0.29, 0.717) is 24.8 Å². The molecule has 0 spiro atoms. The lowest BCUT2D eigenvalue weighted by Gasteiger charge is -2.22. The van der Waals surface area contributed by atoms with Gasteiger partial charge in [-0.15, -0.1) is 0 Å². The molecule has 2 heterocycles. The molecule has 1 unspecified atom stereocenters. The summed E-state index contributed by atoms with van der Waals surface area (Å²) >= 11 is 0. The summed E-state index contributed by atoms with van der Waals surface area (Å²) in [5.41, 5.74) is -0.377. The van der Waals surface area contributed by atoms with Gasteiger partial charge < -0.3 is 24.7 Å². The zero-order chi connectivity index (χ0) is 15.1. The summed E-state index contributed by atoms with van der Waals surface area (Å²) in [5, 5.41) is 20.4. The monoisotopic (exact) mass is 292 g/mol. The molecule has 2 rings (SSSR count). The molecule has 2 aromatic rings. The standard InChI is InChI=1S/C14H20N4O3/c1-3-15-13(16-9-11-6-8-21-18-11)17-10-14(2,19)12-5-4-7-20-12/h4-8,19H,3,9-10H2,1-2H3,(H2,15,16,17). The van der Waals surface area contributed by atoms with Gasteiger partial charge in [-0.25, -0.2) is 4.99 Å². The number of aliphatic imine (C=N–C) groups is 1. The van der Waals surface area contributed by atoms with Crippen LogP contribution in [0.3, 0.4) is 0 Å². The van der Waals surface area contributed by atoms with Gasteiger partial charge in [0, 0.05) is 12.6 Å². The third kappa shape index (κ3) is 4.35. The van der Waals surface area contributed by atoms with E-state index in [1.807, 2.05) is 6.92 Å². The maximum absolute atomic E-state index is 10.4. The summed E-state index contributed by atoms with van der Waals surface area (Å²) in [6.45, 7) is 5.03. The van der Waals surface area contributed by atoms with Crippen molar-refractivity contribution in [2.45, 2.75) is 26.0 Å². The lowest BCUT2D eigenvalue weighted by molar-refractivity contribution is 0.0386. The summed E-state index contributed by atoms with van der Waals surface area (Å²) in [5.74, 6) is 1.09. The van der Waals surface area contributed by atoms with Crippen molar-refractivity contribution in [3.8, 4) is 0 Å². The van der Waals surface area contributed by atoms with Crippen LogP contribution in [0.1, 0.15) is 25.3 Å². The van der Waals surface area contributed by atoms with E-state index in [1.165, 1.54) is 12.5 Å². The molecule has 0 amide bonds. The van der Waals surface area contributed by atoms with Crippen LogP contribution >= 0.6 is 0 Å². The Hall–Kier alpha value is -2.28. The predicted octanol–water partition coefficient (Wildman–Crippen LogP) is 1.23. The average Bonchev–Trinajstić information content (AvgIpc) is 3.14. The van der Waals surface area contributed by atoms with Crippen molar-refractivity contribution in [2.24, 2.45) is 4.99 Å². The first-order valence-electron chi connectivity index (χ1n) is 6.79. The molecule has 0 aliphatic heterocycles. The van der Waals surface area contributed by atoms with Crippen LogP contribution < -0.4 is 10.6 Å². The Morgan fingerprint density at radius 1 is 1.38 bits per heavy atom. The largest absolute Gasteiger partial charge is 0.466 e. The van der Waals surface area contributed by atoms with Crippen molar-refractivity contribution in [3.05, 3.63) is 42.2 Å².